The molecule has 3 rings (SSSR count). The maximum Gasteiger partial charge on any atom is 0.129 e. The van der Waals surface area contributed by atoms with E-state index in [-0.39, 0.29) is 0 Å². The van der Waals surface area contributed by atoms with Crippen molar-refractivity contribution in [2.24, 2.45) is 0 Å². The van der Waals surface area contributed by atoms with Crippen LogP contribution in [0.4, 0.5) is 5.82 Å². The van der Waals surface area contributed by atoms with E-state index in [0.29, 0.717) is 5.92 Å². The maximum absolute atomic E-state index is 4.31. The monoisotopic (exact) mass is 303 g/mol. The Kier molecular flexibility index (Phi) is 3.28. The van der Waals surface area contributed by atoms with Gasteiger partial charge in [0.2, 0.25) is 0 Å². The van der Waals surface area contributed by atoms with Crippen molar-refractivity contribution in [2.45, 2.75) is 25.3 Å². The molecule has 0 bridgehead atoms. The Bertz CT molecular complexity index is 535. The number of benzene rings is 1. The van der Waals surface area contributed by atoms with Crippen LogP contribution in [-0.2, 0) is 6.54 Å². The molecule has 92 valence electrons. The molecule has 0 spiro atoms. The van der Waals surface area contributed by atoms with Gasteiger partial charge in [0.15, 0.2) is 0 Å². The fourth-order valence-corrected chi connectivity index (χ4v) is 2.13. The number of aromatic nitrogens is 2. The first kappa shape index (κ1) is 11.7. The molecule has 0 aliphatic heterocycles. The van der Waals surface area contributed by atoms with Gasteiger partial charge in [-0.05, 0) is 30.5 Å². The molecule has 1 aromatic heterocycles. The average molecular weight is 304 g/mol. The van der Waals surface area contributed by atoms with Crippen molar-refractivity contribution >= 4 is 21.7 Å². The van der Waals surface area contributed by atoms with E-state index in [1.807, 2.05) is 12.1 Å². The smallest absolute Gasteiger partial charge is 0.129 e. The predicted molar refractivity (Wildman–Crippen MR) is 75.5 cm³/mol. The second-order valence-electron chi connectivity index (χ2n) is 4.58. The van der Waals surface area contributed by atoms with Gasteiger partial charge >= 0.3 is 0 Å². The zero-order valence-electron chi connectivity index (χ0n) is 9.94. The Balaban J connectivity index is 1.65. The lowest BCUT2D eigenvalue weighted by atomic mass is 10.2. The van der Waals surface area contributed by atoms with Crippen LogP contribution in [0.3, 0.4) is 0 Å². The number of halogens is 1. The highest BCUT2D eigenvalue weighted by atomic mass is 79.9. The van der Waals surface area contributed by atoms with Crippen LogP contribution < -0.4 is 5.32 Å². The van der Waals surface area contributed by atoms with Crippen molar-refractivity contribution in [3.05, 3.63) is 52.4 Å². The summed E-state index contributed by atoms with van der Waals surface area (Å²) >= 11 is 3.43. The lowest BCUT2D eigenvalue weighted by molar-refractivity contribution is 0.977. The van der Waals surface area contributed by atoms with Crippen LogP contribution in [0.5, 0.6) is 0 Å². The Labute approximate surface area is 115 Å². The molecule has 1 aliphatic carbocycles. The molecule has 1 saturated carbocycles. The van der Waals surface area contributed by atoms with Gasteiger partial charge in [-0.15, -0.1) is 0 Å². The predicted octanol–water partition coefficient (Wildman–Crippen LogP) is 3.73. The van der Waals surface area contributed by atoms with Gasteiger partial charge in [-0.3, -0.25) is 0 Å². The van der Waals surface area contributed by atoms with Crippen LogP contribution >= 0.6 is 15.9 Å². The zero-order valence-corrected chi connectivity index (χ0v) is 11.5. The molecule has 1 fully saturated rings. The van der Waals surface area contributed by atoms with Gasteiger partial charge in [0.1, 0.15) is 12.1 Å². The molecule has 1 N–H and O–H groups in total. The largest absolute Gasteiger partial charge is 0.366 e. The van der Waals surface area contributed by atoms with E-state index >= 15 is 0 Å². The van der Waals surface area contributed by atoms with Crippen LogP contribution in [0.15, 0.2) is 41.1 Å². The fraction of sp³-hybridized carbons (Fsp3) is 0.286. The second kappa shape index (κ2) is 5.06. The molecule has 3 nitrogen and oxygen atoms in total. The third-order valence-corrected chi connectivity index (χ3v) is 3.60. The summed E-state index contributed by atoms with van der Waals surface area (Å²) in [6, 6.07) is 10.4. The SMILES string of the molecule is Brc1ccc(CNc2cc(C3CC3)ncn2)cc1. The first-order valence-electron chi connectivity index (χ1n) is 6.11. The van der Waals surface area contributed by atoms with E-state index in [2.05, 4.69) is 49.4 Å². The summed E-state index contributed by atoms with van der Waals surface area (Å²) in [5.41, 5.74) is 2.41. The van der Waals surface area contributed by atoms with Crippen molar-refractivity contribution in [3.63, 3.8) is 0 Å². The molecule has 1 aliphatic rings. The summed E-state index contributed by atoms with van der Waals surface area (Å²) in [4.78, 5) is 8.56. The van der Waals surface area contributed by atoms with Crippen LogP contribution in [-0.4, -0.2) is 9.97 Å². The average Bonchev–Trinajstić information content (AvgIpc) is 3.23. The minimum Gasteiger partial charge on any atom is -0.366 e. The summed E-state index contributed by atoms with van der Waals surface area (Å²) in [6.45, 7) is 0.786. The molecule has 0 radical (unpaired) electrons. The van der Waals surface area contributed by atoms with E-state index in [1.165, 1.54) is 24.1 Å². The standard InChI is InChI=1S/C14H14BrN3/c15-12-5-1-10(2-6-12)8-16-14-7-13(11-3-4-11)17-9-18-14/h1-2,5-7,9,11H,3-4,8H2,(H,16,17,18). The molecule has 1 heterocycles. The van der Waals surface area contributed by atoms with Crippen LogP contribution in [0.25, 0.3) is 0 Å². The van der Waals surface area contributed by atoms with Crippen LogP contribution in [0, 0.1) is 0 Å². The van der Waals surface area contributed by atoms with Crippen LogP contribution in [0.2, 0.25) is 0 Å². The molecular formula is C14H14BrN3. The maximum atomic E-state index is 4.31. The Morgan fingerprint density at radius 2 is 1.94 bits per heavy atom. The molecule has 0 unspecified atom stereocenters. The fourth-order valence-electron chi connectivity index (χ4n) is 1.87. The first-order chi connectivity index (χ1) is 8.81. The molecule has 0 amide bonds. The molecule has 18 heavy (non-hydrogen) atoms. The van der Waals surface area contributed by atoms with Gasteiger partial charge in [0.25, 0.3) is 0 Å². The third-order valence-electron chi connectivity index (χ3n) is 3.07. The molecular weight excluding hydrogens is 290 g/mol. The van der Waals surface area contributed by atoms with E-state index in [4.69, 9.17) is 0 Å². The summed E-state index contributed by atoms with van der Waals surface area (Å²) in [6.07, 6.45) is 4.18. The second-order valence-corrected chi connectivity index (χ2v) is 5.50. The van der Waals surface area contributed by atoms with Crippen molar-refractivity contribution in [3.8, 4) is 0 Å². The van der Waals surface area contributed by atoms with E-state index in [1.54, 1.807) is 6.33 Å². The first-order valence-corrected chi connectivity index (χ1v) is 6.91. The van der Waals surface area contributed by atoms with Gasteiger partial charge in [-0.1, -0.05) is 28.1 Å². The summed E-state index contributed by atoms with van der Waals surface area (Å²) in [7, 11) is 0. The molecule has 0 saturated heterocycles. The summed E-state index contributed by atoms with van der Waals surface area (Å²) in [5, 5.41) is 3.34. The van der Waals surface area contributed by atoms with E-state index < -0.39 is 0 Å². The highest BCUT2D eigenvalue weighted by molar-refractivity contribution is 9.10. The van der Waals surface area contributed by atoms with Crippen molar-refractivity contribution in [1.29, 1.82) is 0 Å². The quantitative estimate of drug-likeness (QED) is 0.935. The van der Waals surface area contributed by atoms with Crippen molar-refractivity contribution in [1.82, 2.24) is 9.97 Å². The molecule has 1 aromatic carbocycles. The van der Waals surface area contributed by atoms with Crippen LogP contribution in [0.1, 0.15) is 30.0 Å². The van der Waals surface area contributed by atoms with Gasteiger partial charge in [-0.2, -0.15) is 0 Å². The summed E-state index contributed by atoms with van der Waals surface area (Å²) in [5.74, 6) is 1.58. The number of anilines is 1. The van der Waals surface area contributed by atoms with Crippen molar-refractivity contribution in [2.75, 3.05) is 5.32 Å². The molecule has 0 atom stereocenters. The highest BCUT2D eigenvalue weighted by Gasteiger charge is 2.25. The number of nitrogens with one attached hydrogen (secondary N) is 1. The lowest BCUT2D eigenvalue weighted by Crippen LogP contribution is -2.02. The third kappa shape index (κ3) is 2.88. The number of nitrogens with zero attached hydrogens (tertiary/aromatic N) is 2. The highest BCUT2D eigenvalue weighted by Crippen LogP contribution is 2.39. The minimum absolute atomic E-state index is 0.668. The Morgan fingerprint density at radius 1 is 1.17 bits per heavy atom. The number of rotatable bonds is 4. The number of hydrogen-bond acceptors (Lipinski definition) is 3. The Morgan fingerprint density at radius 3 is 2.67 bits per heavy atom. The molecule has 2 aromatic rings. The van der Waals surface area contributed by atoms with Crippen molar-refractivity contribution < 1.29 is 0 Å². The minimum atomic E-state index is 0.668. The normalized spacial score (nSPS) is 14.5. The zero-order chi connectivity index (χ0) is 12.4. The van der Waals surface area contributed by atoms with E-state index in [9.17, 15) is 0 Å². The summed E-state index contributed by atoms with van der Waals surface area (Å²) < 4.78 is 1.10. The Hall–Kier alpha value is -1.42. The van der Waals surface area contributed by atoms with E-state index in [0.717, 1.165) is 16.8 Å². The number of hydrogen-bond donors (Lipinski definition) is 1. The van der Waals surface area contributed by atoms with Gasteiger partial charge in [-0.25, -0.2) is 9.97 Å². The lowest BCUT2D eigenvalue weighted by Gasteiger charge is -2.06. The topological polar surface area (TPSA) is 37.8 Å². The van der Waals surface area contributed by atoms with Gasteiger partial charge in [0.05, 0.1) is 0 Å². The van der Waals surface area contributed by atoms with Gasteiger partial charge < -0.3 is 5.32 Å². The molecule has 4 heteroatoms. The van der Waals surface area contributed by atoms with Gasteiger partial charge in [0, 0.05) is 28.7 Å².